The summed E-state index contributed by atoms with van der Waals surface area (Å²) >= 11 is 0. The third kappa shape index (κ3) is 4.47. The summed E-state index contributed by atoms with van der Waals surface area (Å²) in [6.45, 7) is 6.59. The molecule has 0 aliphatic heterocycles. The molecule has 2 N–H and O–H groups in total. The molecule has 1 aromatic heterocycles. The standard InChI is InChI=1S/C13H23N3O2S/c1-4-8-11(5-2)16-19(17,18)13-12(14-6-3)9-7-10-15-13/h7,9-11,14,16H,4-6,8H2,1-3H3. The van der Waals surface area contributed by atoms with Crippen molar-refractivity contribution in [3.63, 3.8) is 0 Å². The lowest BCUT2D eigenvalue weighted by molar-refractivity contribution is 0.510. The lowest BCUT2D eigenvalue weighted by Gasteiger charge is -2.17. The average Bonchev–Trinajstić information content (AvgIpc) is 2.39. The van der Waals surface area contributed by atoms with Gasteiger partial charge in [-0.3, -0.25) is 0 Å². The fourth-order valence-electron chi connectivity index (χ4n) is 1.90. The number of pyridine rings is 1. The number of sulfonamides is 1. The van der Waals surface area contributed by atoms with Gasteiger partial charge in [-0.15, -0.1) is 0 Å². The molecule has 0 fully saturated rings. The predicted octanol–water partition coefficient (Wildman–Crippen LogP) is 2.37. The zero-order chi connectivity index (χ0) is 14.3. The van der Waals surface area contributed by atoms with Gasteiger partial charge in [0.25, 0.3) is 10.0 Å². The predicted molar refractivity (Wildman–Crippen MR) is 77.7 cm³/mol. The van der Waals surface area contributed by atoms with E-state index >= 15 is 0 Å². The first kappa shape index (κ1) is 15.9. The first-order chi connectivity index (χ1) is 9.05. The molecule has 0 radical (unpaired) electrons. The third-order valence-electron chi connectivity index (χ3n) is 2.84. The number of hydrogen-bond acceptors (Lipinski definition) is 4. The van der Waals surface area contributed by atoms with Gasteiger partial charge in [0.2, 0.25) is 0 Å². The van der Waals surface area contributed by atoms with Crippen LogP contribution in [0.15, 0.2) is 23.4 Å². The van der Waals surface area contributed by atoms with E-state index in [4.69, 9.17) is 0 Å². The molecule has 0 saturated carbocycles. The van der Waals surface area contributed by atoms with E-state index in [-0.39, 0.29) is 11.1 Å². The van der Waals surface area contributed by atoms with Crippen molar-refractivity contribution < 1.29 is 8.42 Å². The third-order valence-corrected chi connectivity index (χ3v) is 4.32. The van der Waals surface area contributed by atoms with Crippen LogP contribution in [-0.2, 0) is 10.0 Å². The van der Waals surface area contributed by atoms with Gasteiger partial charge in [-0.1, -0.05) is 20.3 Å². The van der Waals surface area contributed by atoms with Crippen LogP contribution in [0.3, 0.4) is 0 Å². The van der Waals surface area contributed by atoms with Gasteiger partial charge in [0, 0.05) is 18.8 Å². The Bertz CT molecular complexity index is 488. The second-order valence-electron chi connectivity index (χ2n) is 4.40. The smallest absolute Gasteiger partial charge is 0.260 e. The van der Waals surface area contributed by atoms with Crippen molar-refractivity contribution in [3.05, 3.63) is 18.3 Å². The molecule has 0 saturated heterocycles. The maximum atomic E-state index is 12.4. The Labute approximate surface area is 115 Å². The zero-order valence-electron chi connectivity index (χ0n) is 11.8. The molecule has 0 aliphatic carbocycles. The van der Waals surface area contributed by atoms with Crippen molar-refractivity contribution in [2.75, 3.05) is 11.9 Å². The van der Waals surface area contributed by atoms with E-state index < -0.39 is 10.0 Å². The maximum absolute atomic E-state index is 12.4. The van der Waals surface area contributed by atoms with E-state index in [0.717, 1.165) is 19.3 Å². The van der Waals surface area contributed by atoms with Gasteiger partial charge in [0.05, 0.1) is 5.69 Å². The van der Waals surface area contributed by atoms with Crippen LogP contribution in [0.5, 0.6) is 0 Å². The van der Waals surface area contributed by atoms with E-state index in [2.05, 4.69) is 15.0 Å². The van der Waals surface area contributed by atoms with E-state index in [1.165, 1.54) is 6.20 Å². The Morgan fingerprint density at radius 3 is 2.63 bits per heavy atom. The first-order valence-electron chi connectivity index (χ1n) is 6.76. The van der Waals surface area contributed by atoms with Gasteiger partial charge < -0.3 is 5.32 Å². The summed E-state index contributed by atoms with van der Waals surface area (Å²) < 4.78 is 27.4. The van der Waals surface area contributed by atoms with Crippen molar-refractivity contribution in [2.24, 2.45) is 0 Å². The summed E-state index contributed by atoms with van der Waals surface area (Å²) in [4.78, 5) is 4.00. The number of rotatable bonds is 8. The molecule has 1 atom stereocenters. The summed E-state index contributed by atoms with van der Waals surface area (Å²) in [5.74, 6) is 0. The lowest BCUT2D eigenvalue weighted by atomic mass is 10.1. The number of nitrogens with one attached hydrogen (secondary N) is 2. The van der Waals surface area contributed by atoms with Gasteiger partial charge in [0.1, 0.15) is 0 Å². The average molecular weight is 285 g/mol. The molecule has 5 nitrogen and oxygen atoms in total. The molecular formula is C13H23N3O2S. The highest BCUT2D eigenvalue weighted by molar-refractivity contribution is 7.89. The molecule has 19 heavy (non-hydrogen) atoms. The molecule has 0 amide bonds. The van der Waals surface area contributed by atoms with Crippen LogP contribution < -0.4 is 10.0 Å². The maximum Gasteiger partial charge on any atom is 0.260 e. The summed E-state index contributed by atoms with van der Waals surface area (Å²) in [6.07, 6.45) is 4.05. The molecule has 0 spiro atoms. The zero-order valence-corrected chi connectivity index (χ0v) is 12.6. The van der Waals surface area contributed by atoms with E-state index in [9.17, 15) is 8.42 Å². The van der Waals surface area contributed by atoms with Crippen LogP contribution in [0.2, 0.25) is 0 Å². The Morgan fingerprint density at radius 1 is 1.32 bits per heavy atom. The van der Waals surface area contributed by atoms with E-state index in [1.807, 2.05) is 20.8 Å². The number of aromatic nitrogens is 1. The fraction of sp³-hybridized carbons (Fsp3) is 0.615. The van der Waals surface area contributed by atoms with Crippen LogP contribution in [0, 0.1) is 0 Å². The molecule has 0 bridgehead atoms. The minimum atomic E-state index is -3.57. The van der Waals surface area contributed by atoms with E-state index in [1.54, 1.807) is 12.1 Å². The Hall–Kier alpha value is -1.14. The summed E-state index contributed by atoms with van der Waals surface area (Å²) in [5, 5.41) is 3.10. The number of nitrogens with zero attached hydrogens (tertiary/aromatic N) is 1. The molecule has 0 aliphatic rings. The Kier molecular flexibility index (Phi) is 6.24. The fourth-order valence-corrected chi connectivity index (χ4v) is 3.36. The van der Waals surface area contributed by atoms with Crippen molar-refractivity contribution in [2.45, 2.75) is 51.1 Å². The number of anilines is 1. The molecular weight excluding hydrogens is 262 g/mol. The molecule has 0 aromatic carbocycles. The quantitative estimate of drug-likeness (QED) is 0.769. The van der Waals surface area contributed by atoms with Gasteiger partial charge >= 0.3 is 0 Å². The normalized spacial score (nSPS) is 13.2. The Balaban J connectivity index is 2.99. The first-order valence-corrected chi connectivity index (χ1v) is 8.24. The minimum absolute atomic E-state index is 0.0357. The van der Waals surface area contributed by atoms with Crippen molar-refractivity contribution >= 4 is 15.7 Å². The van der Waals surface area contributed by atoms with E-state index in [0.29, 0.717) is 12.2 Å². The van der Waals surface area contributed by atoms with Gasteiger partial charge in [-0.05, 0) is 31.9 Å². The summed E-state index contributed by atoms with van der Waals surface area (Å²) in [7, 11) is -3.57. The minimum Gasteiger partial charge on any atom is -0.383 e. The molecule has 6 heteroatoms. The van der Waals surface area contributed by atoms with Crippen molar-refractivity contribution in [1.82, 2.24) is 9.71 Å². The van der Waals surface area contributed by atoms with Crippen LogP contribution in [0.25, 0.3) is 0 Å². The summed E-state index contributed by atoms with van der Waals surface area (Å²) in [5.41, 5.74) is 0.545. The number of hydrogen-bond donors (Lipinski definition) is 2. The highest BCUT2D eigenvalue weighted by atomic mass is 32.2. The highest BCUT2D eigenvalue weighted by Gasteiger charge is 2.22. The van der Waals surface area contributed by atoms with Crippen molar-refractivity contribution in [3.8, 4) is 0 Å². The highest BCUT2D eigenvalue weighted by Crippen LogP contribution is 2.18. The van der Waals surface area contributed by atoms with Crippen LogP contribution >= 0.6 is 0 Å². The largest absolute Gasteiger partial charge is 0.383 e. The summed E-state index contributed by atoms with van der Waals surface area (Å²) in [6, 6.07) is 3.41. The molecule has 1 heterocycles. The molecule has 1 unspecified atom stereocenters. The topological polar surface area (TPSA) is 71.1 Å². The molecule has 108 valence electrons. The van der Waals surface area contributed by atoms with Gasteiger partial charge in [-0.2, -0.15) is 0 Å². The van der Waals surface area contributed by atoms with Gasteiger partial charge in [-0.25, -0.2) is 18.1 Å². The second-order valence-corrected chi connectivity index (χ2v) is 6.03. The van der Waals surface area contributed by atoms with Crippen LogP contribution in [0.4, 0.5) is 5.69 Å². The molecule has 1 aromatic rings. The van der Waals surface area contributed by atoms with Crippen LogP contribution in [0.1, 0.15) is 40.0 Å². The monoisotopic (exact) mass is 285 g/mol. The molecule has 1 rings (SSSR count). The van der Waals surface area contributed by atoms with Crippen molar-refractivity contribution in [1.29, 1.82) is 0 Å². The van der Waals surface area contributed by atoms with Gasteiger partial charge in [0.15, 0.2) is 5.03 Å². The van der Waals surface area contributed by atoms with Crippen LogP contribution in [-0.4, -0.2) is 26.0 Å². The Morgan fingerprint density at radius 2 is 2.05 bits per heavy atom. The lowest BCUT2D eigenvalue weighted by Crippen LogP contribution is -2.35. The SMILES string of the molecule is CCCC(CC)NS(=O)(=O)c1ncccc1NCC. The second kappa shape index (κ2) is 7.45.